The predicted molar refractivity (Wildman–Crippen MR) is 61.7 cm³/mol. The van der Waals surface area contributed by atoms with Gasteiger partial charge < -0.3 is 9.80 Å². The summed E-state index contributed by atoms with van der Waals surface area (Å²) in [5.41, 5.74) is 0.219. The molecule has 0 aromatic rings. The van der Waals surface area contributed by atoms with Crippen molar-refractivity contribution in [2.45, 2.75) is 38.0 Å². The summed E-state index contributed by atoms with van der Waals surface area (Å²) < 4.78 is 25.7. The van der Waals surface area contributed by atoms with Crippen molar-refractivity contribution in [2.24, 2.45) is 10.8 Å². The lowest BCUT2D eigenvalue weighted by molar-refractivity contribution is -0.114. The first-order chi connectivity index (χ1) is 8.49. The minimum absolute atomic E-state index is 0.0795. The van der Waals surface area contributed by atoms with Crippen LogP contribution in [0, 0.1) is 10.8 Å². The van der Waals surface area contributed by atoms with E-state index in [1.807, 2.05) is 9.80 Å². The molecule has 0 aromatic carbocycles. The maximum absolute atomic E-state index is 12.8. The molecule has 0 unspecified atom stereocenters. The van der Waals surface area contributed by atoms with Crippen LogP contribution in [0.1, 0.15) is 25.7 Å². The molecule has 5 heteroatoms. The molecule has 4 aliphatic rings. The summed E-state index contributed by atoms with van der Waals surface area (Å²) in [7, 11) is 0. The first-order valence-corrected chi connectivity index (χ1v) is 6.81. The molecule has 2 saturated heterocycles. The zero-order valence-electron chi connectivity index (χ0n) is 10.4. The van der Waals surface area contributed by atoms with Gasteiger partial charge in [-0.05, 0) is 25.7 Å². The quantitative estimate of drug-likeness (QED) is 0.650. The molecule has 0 N–H and O–H groups in total. The predicted octanol–water partition coefficient (Wildman–Crippen LogP) is 1.97. The van der Waals surface area contributed by atoms with Crippen molar-refractivity contribution in [2.75, 3.05) is 26.2 Å². The summed E-state index contributed by atoms with van der Waals surface area (Å²) in [6.45, 7) is 2.89. The molecule has 2 amide bonds. The Hall–Kier alpha value is -0.870. The second-order valence-corrected chi connectivity index (χ2v) is 7.01. The van der Waals surface area contributed by atoms with Gasteiger partial charge in [0.1, 0.15) is 12.3 Å². The molecule has 18 heavy (non-hydrogen) atoms. The number of rotatable bonds is 0. The van der Waals surface area contributed by atoms with E-state index in [9.17, 15) is 13.6 Å². The van der Waals surface area contributed by atoms with Gasteiger partial charge >= 0.3 is 6.03 Å². The Kier molecular flexibility index (Phi) is 1.94. The zero-order valence-corrected chi connectivity index (χ0v) is 10.4. The highest BCUT2D eigenvalue weighted by molar-refractivity contribution is 5.77. The number of nitrogens with zero attached hydrogens (tertiary/aromatic N) is 2. The van der Waals surface area contributed by atoms with E-state index >= 15 is 0 Å². The Labute approximate surface area is 105 Å². The molecule has 2 saturated carbocycles. The van der Waals surface area contributed by atoms with E-state index in [0.29, 0.717) is 25.7 Å². The third-order valence-corrected chi connectivity index (χ3v) is 5.26. The van der Waals surface area contributed by atoms with Gasteiger partial charge in [0.15, 0.2) is 0 Å². The number of halogens is 2. The first-order valence-electron chi connectivity index (χ1n) is 6.81. The summed E-state index contributed by atoms with van der Waals surface area (Å²) in [6, 6.07) is 0.0795. The summed E-state index contributed by atoms with van der Waals surface area (Å²) in [5.74, 6) is 0. The number of likely N-dealkylation sites (tertiary alicyclic amines) is 2. The summed E-state index contributed by atoms with van der Waals surface area (Å²) in [6.07, 6.45) is 1.22. The summed E-state index contributed by atoms with van der Waals surface area (Å²) >= 11 is 0. The first kappa shape index (κ1) is 11.0. The van der Waals surface area contributed by atoms with Crippen LogP contribution < -0.4 is 0 Å². The van der Waals surface area contributed by atoms with Crippen LogP contribution in [-0.4, -0.2) is 54.4 Å². The molecule has 0 bridgehead atoms. The molecule has 3 nitrogen and oxygen atoms in total. The molecular weight excluding hydrogens is 238 g/mol. The van der Waals surface area contributed by atoms with Crippen molar-refractivity contribution < 1.29 is 13.6 Å². The van der Waals surface area contributed by atoms with Crippen LogP contribution in [0.2, 0.25) is 0 Å². The molecule has 100 valence electrons. The minimum atomic E-state index is -0.647. The standard InChI is InChI=1S/C13H18F2N2O/c14-9-1-12(2-9)5-16(6-12)11(18)17-7-13(8-17)3-10(15)4-13/h9-10H,1-8H2. The zero-order chi connectivity index (χ0) is 12.5. The van der Waals surface area contributed by atoms with Crippen LogP contribution in [0.15, 0.2) is 0 Å². The Morgan fingerprint density at radius 3 is 1.44 bits per heavy atom. The number of hydrogen-bond acceptors (Lipinski definition) is 1. The van der Waals surface area contributed by atoms with Gasteiger partial charge in [0, 0.05) is 37.0 Å². The largest absolute Gasteiger partial charge is 0.323 e. The Morgan fingerprint density at radius 1 is 0.833 bits per heavy atom. The highest BCUT2D eigenvalue weighted by Gasteiger charge is 2.58. The number of urea groups is 1. The van der Waals surface area contributed by atoms with E-state index in [2.05, 4.69) is 0 Å². The molecule has 2 heterocycles. The highest BCUT2D eigenvalue weighted by Crippen LogP contribution is 2.52. The van der Waals surface area contributed by atoms with Gasteiger partial charge in [-0.2, -0.15) is 0 Å². The van der Waals surface area contributed by atoms with Crippen molar-refractivity contribution in [3.63, 3.8) is 0 Å². The molecular formula is C13H18F2N2O. The molecule has 0 radical (unpaired) electrons. The maximum atomic E-state index is 12.8. The lowest BCUT2D eigenvalue weighted by Gasteiger charge is -2.61. The molecule has 2 spiro atoms. The Balaban J connectivity index is 1.27. The van der Waals surface area contributed by atoms with Crippen molar-refractivity contribution in [1.29, 1.82) is 0 Å². The van der Waals surface area contributed by atoms with Crippen LogP contribution in [0.4, 0.5) is 13.6 Å². The fourth-order valence-corrected chi connectivity index (χ4v) is 4.27. The number of hydrogen-bond donors (Lipinski definition) is 0. The number of amides is 2. The van der Waals surface area contributed by atoms with E-state index < -0.39 is 12.3 Å². The summed E-state index contributed by atoms with van der Waals surface area (Å²) in [5, 5.41) is 0. The maximum Gasteiger partial charge on any atom is 0.320 e. The van der Waals surface area contributed by atoms with Gasteiger partial charge in [0.2, 0.25) is 0 Å². The number of carbonyl (C=O) groups excluding carboxylic acids is 1. The van der Waals surface area contributed by atoms with Crippen LogP contribution >= 0.6 is 0 Å². The third kappa shape index (κ3) is 1.36. The molecule has 4 fully saturated rings. The van der Waals surface area contributed by atoms with Gasteiger partial charge in [-0.25, -0.2) is 13.6 Å². The fraction of sp³-hybridized carbons (Fsp3) is 0.923. The average molecular weight is 256 g/mol. The van der Waals surface area contributed by atoms with Crippen LogP contribution in [0.3, 0.4) is 0 Å². The second kappa shape index (κ2) is 3.17. The van der Waals surface area contributed by atoms with E-state index in [-0.39, 0.29) is 16.9 Å². The molecule has 0 atom stereocenters. The normalized spacial score (nSPS) is 32.8. The van der Waals surface area contributed by atoms with E-state index in [4.69, 9.17) is 0 Å². The van der Waals surface area contributed by atoms with E-state index in [1.54, 1.807) is 0 Å². The van der Waals surface area contributed by atoms with Crippen LogP contribution in [-0.2, 0) is 0 Å². The SMILES string of the molecule is O=C(N1CC2(CC(F)C2)C1)N1CC2(CC(F)C2)C1. The average Bonchev–Trinajstić information content (AvgIpc) is 2.11. The molecule has 2 aliphatic carbocycles. The van der Waals surface area contributed by atoms with Gasteiger partial charge in [0.25, 0.3) is 0 Å². The molecule has 4 rings (SSSR count). The number of alkyl halides is 2. The van der Waals surface area contributed by atoms with E-state index in [1.165, 1.54) is 0 Å². The lowest BCUT2D eigenvalue weighted by atomic mass is 9.61. The number of carbonyl (C=O) groups is 1. The van der Waals surface area contributed by atoms with Gasteiger partial charge in [-0.3, -0.25) is 0 Å². The van der Waals surface area contributed by atoms with Gasteiger partial charge in [-0.15, -0.1) is 0 Å². The van der Waals surface area contributed by atoms with E-state index in [0.717, 1.165) is 26.2 Å². The van der Waals surface area contributed by atoms with Gasteiger partial charge in [-0.1, -0.05) is 0 Å². The summed E-state index contributed by atoms with van der Waals surface area (Å²) in [4.78, 5) is 15.7. The smallest absolute Gasteiger partial charge is 0.320 e. The Bertz CT molecular complexity index is 350. The molecule has 2 aliphatic heterocycles. The Morgan fingerprint density at radius 2 is 1.17 bits per heavy atom. The lowest BCUT2D eigenvalue weighted by Crippen LogP contribution is -2.71. The fourth-order valence-electron chi connectivity index (χ4n) is 4.27. The van der Waals surface area contributed by atoms with Crippen LogP contribution in [0.5, 0.6) is 0 Å². The van der Waals surface area contributed by atoms with Crippen molar-refractivity contribution >= 4 is 6.03 Å². The third-order valence-electron chi connectivity index (χ3n) is 5.26. The van der Waals surface area contributed by atoms with Crippen molar-refractivity contribution in [3.8, 4) is 0 Å². The van der Waals surface area contributed by atoms with Crippen LogP contribution in [0.25, 0.3) is 0 Å². The second-order valence-electron chi connectivity index (χ2n) is 7.01. The van der Waals surface area contributed by atoms with Crippen molar-refractivity contribution in [3.05, 3.63) is 0 Å². The topological polar surface area (TPSA) is 23.6 Å². The minimum Gasteiger partial charge on any atom is -0.323 e. The van der Waals surface area contributed by atoms with Gasteiger partial charge in [0.05, 0.1) is 0 Å². The monoisotopic (exact) mass is 256 g/mol. The molecule has 0 aromatic heterocycles. The highest BCUT2D eigenvalue weighted by atomic mass is 19.1. The van der Waals surface area contributed by atoms with Crippen molar-refractivity contribution in [1.82, 2.24) is 9.80 Å².